The highest BCUT2D eigenvalue weighted by Crippen LogP contribution is 2.58. The minimum absolute atomic E-state index is 0. The zero-order valence-corrected chi connectivity index (χ0v) is 21.0. The Bertz CT molecular complexity index is 978. The molecule has 0 saturated carbocycles. The maximum atomic E-state index is 10.7. The van der Waals surface area contributed by atoms with Gasteiger partial charge in [-0.05, 0) is 55.8 Å². The third-order valence-electron chi connectivity index (χ3n) is 6.74. The molecular weight excluding hydrogens is 526 g/mol. The molecule has 3 atom stereocenters. The Labute approximate surface area is 202 Å². The lowest BCUT2D eigenvalue weighted by atomic mass is 9.62. The number of aliphatic hydroxyl groups is 1. The number of benzene rings is 2. The van der Waals surface area contributed by atoms with E-state index >= 15 is 0 Å². The molecule has 5 nitrogen and oxygen atoms in total. The molecule has 0 fully saturated rings. The maximum absolute atomic E-state index is 10.7. The summed E-state index contributed by atoms with van der Waals surface area (Å²) < 4.78 is 13.3. The Morgan fingerprint density at radius 2 is 1.97 bits per heavy atom. The third kappa shape index (κ3) is 3.95. The quantitative estimate of drug-likeness (QED) is 0.582. The number of nitrogens with zero attached hydrogens (tertiary/aromatic N) is 1. The molecule has 0 amide bonds. The highest BCUT2D eigenvalue weighted by atomic mass is 79.9. The zero-order valence-electron chi connectivity index (χ0n) is 17.7. The topological polar surface area (TPSA) is 73.4 Å². The number of aliphatic hydroxyl groups excluding tert-OH is 1. The van der Waals surface area contributed by atoms with Gasteiger partial charge in [-0.25, -0.2) is 0 Å². The first-order valence-corrected chi connectivity index (χ1v) is 11.0. The van der Waals surface area contributed by atoms with Gasteiger partial charge in [0.15, 0.2) is 11.5 Å². The second-order valence-corrected chi connectivity index (χ2v) is 9.41. The van der Waals surface area contributed by atoms with Crippen molar-refractivity contribution in [2.24, 2.45) is 0 Å². The van der Waals surface area contributed by atoms with Gasteiger partial charge in [0.2, 0.25) is 0 Å². The third-order valence-corrected chi connectivity index (χ3v) is 7.27. The van der Waals surface area contributed by atoms with E-state index in [4.69, 9.17) is 9.47 Å². The number of ether oxygens (including phenoxy) is 2. The van der Waals surface area contributed by atoms with Crippen molar-refractivity contribution in [3.05, 3.63) is 69.2 Å². The van der Waals surface area contributed by atoms with E-state index in [1.807, 2.05) is 6.07 Å². The van der Waals surface area contributed by atoms with E-state index in [9.17, 15) is 5.11 Å². The van der Waals surface area contributed by atoms with E-state index in [1.54, 1.807) is 7.11 Å². The van der Waals surface area contributed by atoms with Crippen molar-refractivity contribution in [3.63, 3.8) is 0 Å². The standard InChI is InChI=1S/C24H26BrNO3.BrH.H2O/c1-26-10-9-24-17(11-15-3-6-18(25)7-4-15)12-19(27)13-21(24)29-23-20(28-2)8-5-16(14-26)22(23)24;;/h3-8,12,19,21,27H,9-11,13-14H2,1-2H3;1H;1H2/t19-,21-,24+;;/m0../s1. The van der Waals surface area contributed by atoms with Crippen LogP contribution in [0.5, 0.6) is 11.5 Å². The molecule has 0 unspecified atom stereocenters. The highest BCUT2D eigenvalue weighted by Gasteiger charge is 2.56. The molecule has 0 saturated heterocycles. The van der Waals surface area contributed by atoms with Crippen LogP contribution < -0.4 is 9.47 Å². The van der Waals surface area contributed by atoms with E-state index < -0.39 is 6.10 Å². The summed E-state index contributed by atoms with van der Waals surface area (Å²) in [6.07, 6.45) is 3.95. The smallest absolute Gasteiger partial charge is 0.166 e. The van der Waals surface area contributed by atoms with Gasteiger partial charge < -0.3 is 25.0 Å². The Hall–Kier alpha value is -1.38. The average molecular weight is 555 g/mol. The summed E-state index contributed by atoms with van der Waals surface area (Å²) >= 11 is 3.53. The molecule has 5 rings (SSSR count). The van der Waals surface area contributed by atoms with E-state index in [1.165, 1.54) is 22.3 Å². The predicted octanol–water partition coefficient (Wildman–Crippen LogP) is 3.98. The number of hydrogen-bond acceptors (Lipinski definition) is 4. The fraction of sp³-hybridized carbons (Fsp3) is 0.417. The van der Waals surface area contributed by atoms with Crippen molar-refractivity contribution in [2.45, 2.75) is 43.4 Å². The van der Waals surface area contributed by atoms with Crippen LogP contribution in [0.15, 0.2) is 52.5 Å². The summed E-state index contributed by atoms with van der Waals surface area (Å²) in [4.78, 5) is 2.38. The molecule has 31 heavy (non-hydrogen) atoms. The van der Waals surface area contributed by atoms with Crippen LogP contribution >= 0.6 is 32.9 Å². The minimum atomic E-state index is -0.485. The van der Waals surface area contributed by atoms with E-state index in [0.29, 0.717) is 6.42 Å². The molecule has 1 spiro atoms. The SMILES string of the molecule is Br.COc1ccc2c3c1O[C@H]1C[C@@H](O)C=C(Cc4ccc(Br)cc4)[C@@]31CCN(C)C2.O. The summed E-state index contributed by atoms with van der Waals surface area (Å²) in [5, 5.41) is 10.7. The Morgan fingerprint density at radius 1 is 1.23 bits per heavy atom. The molecule has 0 bridgehead atoms. The number of hydrogen-bond donors (Lipinski definition) is 1. The van der Waals surface area contributed by atoms with Crippen molar-refractivity contribution in [1.29, 1.82) is 0 Å². The van der Waals surface area contributed by atoms with Crippen LogP contribution in [-0.4, -0.2) is 48.4 Å². The van der Waals surface area contributed by atoms with Crippen LogP contribution in [0.25, 0.3) is 0 Å². The second-order valence-electron chi connectivity index (χ2n) is 8.49. The van der Waals surface area contributed by atoms with Crippen molar-refractivity contribution in [2.75, 3.05) is 20.7 Å². The molecule has 168 valence electrons. The molecule has 1 aliphatic carbocycles. The second kappa shape index (κ2) is 9.24. The maximum Gasteiger partial charge on any atom is 0.166 e. The first kappa shape index (κ1) is 24.3. The van der Waals surface area contributed by atoms with Crippen molar-refractivity contribution < 1.29 is 20.1 Å². The van der Waals surface area contributed by atoms with Crippen LogP contribution in [0.4, 0.5) is 0 Å². The molecule has 0 aromatic heterocycles. The molecule has 3 aliphatic rings. The largest absolute Gasteiger partial charge is 0.493 e. The minimum Gasteiger partial charge on any atom is -0.493 e. The van der Waals surface area contributed by atoms with E-state index in [-0.39, 0.29) is 34.0 Å². The van der Waals surface area contributed by atoms with Gasteiger partial charge in [0.1, 0.15) is 6.10 Å². The normalized spacial score (nSPS) is 26.3. The van der Waals surface area contributed by atoms with Gasteiger partial charge >= 0.3 is 0 Å². The van der Waals surface area contributed by atoms with Crippen LogP contribution in [0.2, 0.25) is 0 Å². The van der Waals surface area contributed by atoms with Crippen molar-refractivity contribution >= 4 is 32.9 Å². The van der Waals surface area contributed by atoms with Gasteiger partial charge in [0.25, 0.3) is 0 Å². The van der Waals surface area contributed by atoms with Gasteiger partial charge in [-0.3, -0.25) is 0 Å². The summed E-state index contributed by atoms with van der Waals surface area (Å²) in [6.45, 7) is 1.89. The number of rotatable bonds is 3. The Kier molecular flexibility index (Phi) is 7.23. The molecule has 2 aliphatic heterocycles. The van der Waals surface area contributed by atoms with Crippen molar-refractivity contribution in [1.82, 2.24) is 4.90 Å². The lowest BCUT2D eigenvalue weighted by Crippen LogP contribution is -2.46. The Balaban J connectivity index is 0.00000136. The number of halogens is 2. The van der Waals surface area contributed by atoms with Gasteiger partial charge in [0, 0.05) is 23.0 Å². The predicted molar refractivity (Wildman–Crippen MR) is 131 cm³/mol. The molecule has 3 N–H and O–H groups in total. The van der Waals surface area contributed by atoms with Gasteiger partial charge in [-0.2, -0.15) is 0 Å². The van der Waals surface area contributed by atoms with Crippen molar-refractivity contribution in [3.8, 4) is 11.5 Å². The van der Waals surface area contributed by atoms with Gasteiger partial charge in [-0.15, -0.1) is 17.0 Å². The van der Waals surface area contributed by atoms with E-state index in [2.05, 4.69) is 64.3 Å². The fourth-order valence-electron chi connectivity index (χ4n) is 5.41. The molecule has 7 heteroatoms. The summed E-state index contributed by atoms with van der Waals surface area (Å²) in [5.41, 5.74) is 4.89. The first-order valence-electron chi connectivity index (χ1n) is 10.2. The van der Waals surface area contributed by atoms with Crippen LogP contribution in [0, 0.1) is 0 Å². The monoisotopic (exact) mass is 553 g/mol. The first-order chi connectivity index (χ1) is 14.0. The van der Waals surface area contributed by atoms with E-state index in [0.717, 1.165) is 41.9 Å². The molecule has 2 aromatic carbocycles. The molecule has 0 radical (unpaired) electrons. The summed E-state index contributed by atoms with van der Waals surface area (Å²) in [7, 11) is 3.88. The van der Waals surface area contributed by atoms with Crippen LogP contribution in [0.1, 0.15) is 29.5 Å². The van der Waals surface area contributed by atoms with Gasteiger partial charge in [-0.1, -0.05) is 45.8 Å². The number of methoxy groups -OCH3 is 1. The average Bonchev–Trinajstić information content (AvgIpc) is 2.95. The summed E-state index contributed by atoms with van der Waals surface area (Å²) in [6, 6.07) is 12.7. The fourth-order valence-corrected chi connectivity index (χ4v) is 5.68. The lowest BCUT2D eigenvalue weighted by Gasteiger charge is -2.41. The zero-order chi connectivity index (χ0) is 20.2. The Morgan fingerprint density at radius 3 is 2.68 bits per heavy atom. The molecular formula is C24H29Br2NO4. The van der Waals surface area contributed by atoms with Gasteiger partial charge in [0.05, 0.1) is 18.6 Å². The molecule has 2 aromatic rings. The molecule has 2 heterocycles. The van der Waals surface area contributed by atoms with Crippen LogP contribution in [0.3, 0.4) is 0 Å². The van der Waals surface area contributed by atoms with Crippen LogP contribution in [-0.2, 0) is 18.4 Å². The lowest BCUT2D eigenvalue weighted by molar-refractivity contribution is 0.0750. The summed E-state index contributed by atoms with van der Waals surface area (Å²) in [5.74, 6) is 1.67. The highest BCUT2D eigenvalue weighted by molar-refractivity contribution is 9.10.